The van der Waals surface area contributed by atoms with E-state index in [4.69, 9.17) is 18.9 Å². The molecule has 3 atom stereocenters. The second-order valence-corrected chi connectivity index (χ2v) is 37.4. The lowest BCUT2D eigenvalue weighted by Crippen LogP contribution is -2.97. The van der Waals surface area contributed by atoms with E-state index in [2.05, 4.69) is 65.5 Å². The van der Waals surface area contributed by atoms with Crippen LogP contribution in [0.3, 0.4) is 0 Å². The fourth-order valence-electron chi connectivity index (χ4n) is 8.71. The molecule has 38 heavy (non-hydrogen) atoms. The summed E-state index contributed by atoms with van der Waals surface area (Å²) in [6, 6.07) is 0. The van der Waals surface area contributed by atoms with Gasteiger partial charge in [-0.05, 0) is 64.7 Å². The van der Waals surface area contributed by atoms with E-state index >= 15 is 0 Å². The molecule has 0 aromatic rings. The molecule has 0 amide bonds. The molecule has 3 aliphatic rings. The van der Waals surface area contributed by atoms with Gasteiger partial charge in [-0.1, -0.05) is 65.5 Å². The maximum atomic E-state index is 13.3. The summed E-state index contributed by atoms with van der Waals surface area (Å²) in [7, 11) is -9.18. The van der Waals surface area contributed by atoms with Gasteiger partial charge in [0.1, 0.15) is 0 Å². The monoisotopic (exact) mass is 598 g/mol. The molecule has 3 unspecified atom stereocenters. The fraction of sp³-hybridized carbons (Fsp3) is 0.897. The lowest BCUT2D eigenvalue weighted by molar-refractivity contribution is -0.138. The number of ether oxygens (including phenoxy) is 4. The second kappa shape index (κ2) is 11.3. The summed E-state index contributed by atoms with van der Waals surface area (Å²) in [5.74, 6) is -0.272. The molecule has 0 N–H and O–H groups in total. The van der Waals surface area contributed by atoms with Crippen LogP contribution in [0.4, 0.5) is 0 Å². The van der Waals surface area contributed by atoms with Crippen molar-refractivity contribution in [2.75, 3.05) is 26.1 Å². The molecule has 0 saturated carbocycles. The number of rotatable bonds is 9. The summed E-state index contributed by atoms with van der Waals surface area (Å²) in [5, 5.41) is 0. The highest BCUT2D eigenvalue weighted by Gasteiger charge is 2.83. The Bertz CT molecular complexity index is 761. The van der Waals surface area contributed by atoms with Gasteiger partial charge in [0.05, 0.1) is 45.0 Å². The molecule has 220 valence electrons. The highest BCUT2D eigenvalue weighted by atomic mass is 28.4. The van der Waals surface area contributed by atoms with Crippen molar-refractivity contribution in [1.29, 1.82) is 0 Å². The number of hydrogen-bond donors (Lipinski definition) is 0. The van der Waals surface area contributed by atoms with Crippen molar-refractivity contribution < 1.29 is 23.7 Å². The van der Waals surface area contributed by atoms with E-state index in [1.165, 1.54) is 0 Å². The largest absolute Gasteiger partial charge is 0.466 e. The maximum absolute atomic E-state index is 13.3. The van der Waals surface area contributed by atoms with Crippen molar-refractivity contribution in [2.45, 2.75) is 138 Å². The van der Waals surface area contributed by atoms with Crippen molar-refractivity contribution in [3.63, 3.8) is 0 Å². The summed E-state index contributed by atoms with van der Waals surface area (Å²) >= 11 is 0. The van der Waals surface area contributed by atoms with Gasteiger partial charge < -0.3 is 18.9 Å². The molecule has 0 spiro atoms. The lowest BCUT2D eigenvalue weighted by atomic mass is 10.2. The van der Waals surface area contributed by atoms with Gasteiger partial charge in [0, 0.05) is 25.4 Å². The summed E-state index contributed by atoms with van der Waals surface area (Å²) in [6.45, 7) is 30.7. The van der Waals surface area contributed by atoms with Crippen LogP contribution < -0.4 is 0 Å². The van der Waals surface area contributed by atoms with Gasteiger partial charge >= 0.3 is 5.97 Å². The molecular formula is C29H58O5Si4. The van der Waals surface area contributed by atoms with Crippen LogP contribution in [0.2, 0.25) is 58.9 Å². The van der Waals surface area contributed by atoms with Crippen LogP contribution in [0.5, 0.6) is 0 Å². The van der Waals surface area contributed by atoms with Gasteiger partial charge in [-0.3, -0.25) is 0 Å². The maximum Gasteiger partial charge on any atom is 0.332 e. The van der Waals surface area contributed by atoms with Crippen molar-refractivity contribution >= 4 is 38.3 Å². The molecular weight excluding hydrogens is 541 g/mol. The first-order chi connectivity index (χ1) is 17.4. The van der Waals surface area contributed by atoms with Crippen molar-refractivity contribution in [3.05, 3.63) is 12.2 Å². The number of carbonyl (C=O) groups excluding carboxylic acids is 1. The minimum Gasteiger partial charge on any atom is -0.466 e. The summed E-state index contributed by atoms with van der Waals surface area (Å²) < 4.78 is 28.8. The van der Waals surface area contributed by atoms with E-state index in [1.807, 2.05) is 0 Å². The first-order valence-electron chi connectivity index (χ1n) is 15.2. The summed E-state index contributed by atoms with van der Waals surface area (Å²) in [5.41, 5.74) is 0.470. The SMILES string of the molecule is C=C(C)C(=O)OC[Si](C1([Si](C)(C)C)CCCCO1)(C1([Si](C)(C)C)CCCCO1)C1([Si](C)(C)C)CCCCO1. The molecule has 0 aliphatic carbocycles. The Hall–Kier alpha value is -0.0425. The Morgan fingerprint density at radius 3 is 1.18 bits per heavy atom. The van der Waals surface area contributed by atoms with E-state index in [9.17, 15) is 4.79 Å². The lowest BCUT2D eigenvalue weighted by Gasteiger charge is -2.73. The predicted molar refractivity (Wildman–Crippen MR) is 169 cm³/mol. The quantitative estimate of drug-likeness (QED) is 0.160. The van der Waals surface area contributed by atoms with Gasteiger partial charge in [-0.2, -0.15) is 0 Å². The van der Waals surface area contributed by atoms with Crippen molar-refractivity contribution in [1.82, 2.24) is 0 Å². The molecule has 9 heteroatoms. The molecule has 3 rings (SSSR count). The van der Waals surface area contributed by atoms with Gasteiger partial charge in [0.25, 0.3) is 0 Å². The zero-order valence-corrected chi connectivity index (χ0v) is 30.4. The molecule has 0 radical (unpaired) electrons. The smallest absolute Gasteiger partial charge is 0.332 e. The van der Waals surface area contributed by atoms with Gasteiger partial charge in [-0.25, -0.2) is 4.79 Å². The number of hydrogen-bond acceptors (Lipinski definition) is 5. The molecule has 3 saturated heterocycles. The number of esters is 1. The topological polar surface area (TPSA) is 54.0 Å². The first kappa shape index (κ1) is 32.5. The van der Waals surface area contributed by atoms with Crippen molar-refractivity contribution in [3.8, 4) is 0 Å². The number of carbonyl (C=O) groups is 1. The zero-order valence-electron chi connectivity index (χ0n) is 26.4. The molecule has 0 bridgehead atoms. The third-order valence-corrected chi connectivity index (χ3v) is 35.2. The van der Waals surface area contributed by atoms with Gasteiger partial charge in [-0.15, -0.1) is 0 Å². The van der Waals surface area contributed by atoms with Crippen LogP contribution in [0.15, 0.2) is 12.2 Å². The van der Waals surface area contributed by atoms with Crippen molar-refractivity contribution in [2.24, 2.45) is 0 Å². The average molecular weight is 599 g/mol. The van der Waals surface area contributed by atoms with Crippen LogP contribution in [-0.4, -0.2) is 78.9 Å². The van der Waals surface area contributed by atoms with Gasteiger partial charge in [0.15, 0.2) is 8.07 Å². The van der Waals surface area contributed by atoms with Crippen LogP contribution in [0.1, 0.15) is 64.7 Å². The van der Waals surface area contributed by atoms with E-state index < -0.39 is 32.3 Å². The third kappa shape index (κ3) is 4.98. The van der Waals surface area contributed by atoms with E-state index in [1.54, 1.807) is 6.92 Å². The summed E-state index contributed by atoms with van der Waals surface area (Å²) in [4.78, 5) is 12.4. The molecule has 0 aromatic carbocycles. The Morgan fingerprint density at radius 1 is 0.658 bits per heavy atom. The Kier molecular flexibility index (Phi) is 9.68. The van der Waals surface area contributed by atoms with Crippen LogP contribution in [0.25, 0.3) is 0 Å². The van der Waals surface area contributed by atoms with E-state index in [0.717, 1.165) is 77.6 Å². The highest BCUT2D eigenvalue weighted by Crippen LogP contribution is 2.60. The molecule has 5 nitrogen and oxygen atoms in total. The molecule has 0 aromatic heterocycles. The normalized spacial score (nSPS) is 33.3. The minimum atomic E-state index is -3.02. The minimum absolute atomic E-state index is 0.272. The van der Waals surface area contributed by atoms with E-state index in [-0.39, 0.29) is 20.5 Å². The Balaban J connectivity index is 2.57. The average Bonchev–Trinajstić information content (AvgIpc) is 2.84. The first-order valence-corrected chi connectivity index (χ1v) is 27.9. The molecule has 3 aliphatic heterocycles. The fourth-order valence-corrected chi connectivity index (χ4v) is 39.7. The molecule has 3 fully saturated rings. The zero-order chi connectivity index (χ0) is 28.7. The Labute approximate surface area is 237 Å². The Morgan fingerprint density at radius 2 is 0.974 bits per heavy atom. The predicted octanol–water partition coefficient (Wildman–Crippen LogP) is 7.16. The van der Waals surface area contributed by atoms with Crippen LogP contribution >= 0.6 is 0 Å². The van der Waals surface area contributed by atoms with Crippen LogP contribution in [-0.2, 0) is 23.7 Å². The van der Waals surface area contributed by atoms with E-state index in [0.29, 0.717) is 11.8 Å². The third-order valence-electron chi connectivity index (χ3n) is 10.3. The second-order valence-electron chi connectivity index (χ2n) is 15.4. The summed E-state index contributed by atoms with van der Waals surface area (Å²) in [6.07, 6.45) is 10.4. The van der Waals surface area contributed by atoms with Crippen LogP contribution in [0, 0.1) is 0 Å². The standard InChI is InChI=1S/C29H58O5Si4/c1-25(2)26(30)31-24-38(27(35(3,4)5)18-12-15-21-32-27,28(36(6,7)8)19-13-16-22-33-28)29(37(9,10)11)20-14-17-23-34-29/h1,12-24H2,2-11H3. The highest BCUT2D eigenvalue weighted by molar-refractivity contribution is 7.15. The van der Waals surface area contributed by atoms with Gasteiger partial charge in [0.2, 0.25) is 0 Å². The molecule has 3 heterocycles.